The van der Waals surface area contributed by atoms with E-state index in [9.17, 15) is 18.3 Å². The predicted octanol–water partition coefficient (Wildman–Crippen LogP) is 0.939. The molecule has 5 N–H and O–H groups in total. The molecule has 1 aromatic rings. The van der Waals surface area contributed by atoms with E-state index in [0.717, 1.165) is 12.1 Å². The molecule has 0 saturated heterocycles. The molecular formula is C15H23N3O6S. The minimum Gasteiger partial charge on any atom is -0.506 e. The van der Waals surface area contributed by atoms with Crippen LogP contribution < -0.4 is 10.5 Å². The minimum absolute atomic E-state index is 0.0755. The predicted molar refractivity (Wildman–Crippen MR) is 93.1 cm³/mol. The van der Waals surface area contributed by atoms with E-state index in [1.165, 1.54) is 13.1 Å². The van der Waals surface area contributed by atoms with Crippen LogP contribution in [0.4, 0.5) is 5.69 Å². The molecular weight excluding hydrogens is 350 g/mol. The van der Waals surface area contributed by atoms with Crippen LogP contribution >= 0.6 is 0 Å². The number of sulfonamides is 1. The van der Waals surface area contributed by atoms with Gasteiger partial charge in [0.2, 0.25) is 15.9 Å². The summed E-state index contributed by atoms with van der Waals surface area (Å²) in [5.74, 6) is -1.87. The molecule has 0 amide bonds. The van der Waals surface area contributed by atoms with Gasteiger partial charge in [-0.25, -0.2) is 8.42 Å². The van der Waals surface area contributed by atoms with E-state index in [-0.39, 0.29) is 11.6 Å². The van der Waals surface area contributed by atoms with E-state index >= 15 is 0 Å². The number of carbonyl (C=O) groups is 1. The molecule has 0 aliphatic heterocycles. The van der Waals surface area contributed by atoms with Crippen molar-refractivity contribution in [1.82, 2.24) is 4.72 Å². The van der Waals surface area contributed by atoms with Gasteiger partial charge < -0.3 is 20.7 Å². The summed E-state index contributed by atoms with van der Waals surface area (Å²) in [5.41, 5.74) is 4.96. The van der Waals surface area contributed by atoms with Gasteiger partial charge in [0, 0.05) is 18.8 Å². The number of anilines is 1. The first-order chi connectivity index (χ1) is 11.4. The van der Waals surface area contributed by atoms with Crippen molar-refractivity contribution in [2.45, 2.75) is 43.7 Å². The first-order valence-electron chi connectivity index (χ1n) is 7.34. The lowest BCUT2D eigenvalue weighted by molar-refractivity contribution is -0.137. The number of aromatic hydroxyl groups is 1. The summed E-state index contributed by atoms with van der Waals surface area (Å²) >= 11 is 0. The molecule has 0 aliphatic rings. The summed E-state index contributed by atoms with van der Waals surface area (Å²) in [5, 5.41) is 18.9. The highest BCUT2D eigenvalue weighted by molar-refractivity contribution is 7.89. The van der Waals surface area contributed by atoms with Crippen molar-refractivity contribution in [2.24, 2.45) is 4.99 Å². The first kappa shape index (κ1) is 20.7. The van der Waals surface area contributed by atoms with Crippen molar-refractivity contribution in [3.05, 3.63) is 18.2 Å². The molecule has 0 fully saturated rings. The van der Waals surface area contributed by atoms with Gasteiger partial charge in [0.15, 0.2) is 0 Å². The van der Waals surface area contributed by atoms with E-state index in [2.05, 4.69) is 9.71 Å². The van der Waals surface area contributed by atoms with Crippen LogP contribution in [0.5, 0.6) is 5.75 Å². The largest absolute Gasteiger partial charge is 0.506 e. The van der Waals surface area contributed by atoms with E-state index in [1.807, 2.05) is 0 Å². The molecule has 0 aromatic heterocycles. The molecule has 1 aromatic carbocycles. The second-order valence-electron chi connectivity index (χ2n) is 6.28. The number of hydrogen-bond donors (Lipinski definition) is 4. The topological polar surface area (TPSA) is 151 Å². The Morgan fingerprint density at radius 3 is 2.44 bits per heavy atom. The number of benzene rings is 1. The van der Waals surface area contributed by atoms with Gasteiger partial charge in [-0.05, 0) is 32.9 Å². The maximum Gasteiger partial charge on any atom is 0.305 e. The van der Waals surface area contributed by atoms with Gasteiger partial charge in [-0.15, -0.1) is 0 Å². The number of phenolic OH excluding ortho intramolecular Hbond substituents is 1. The Balaban J connectivity index is 3.22. The quantitative estimate of drug-likeness (QED) is 0.329. The number of carboxylic acids is 1. The Morgan fingerprint density at radius 1 is 1.40 bits per heavy atom. The molecule has 0 heterocycles. The maximum absolute atomic E-state index is 12.5. The van der Waals surface area contributed by atoms with Gasteiger partial charge in [0.05, 0.1) is 6.42 Å². The molecule has 1 rings (SSSR count). The minimum atomic E-state index is -4.24. The lowest BCUT2D eigenvalue weighted by Crippen LogP contribution is -2.45. The third kappa shape index (κ3) is 6.24. The van der Waals surface area contributed by atoms with E-state index in [0.29, 0.717) is 0 Å². The molecule has 140 valence electrons. The van der Waals surface area contributed by atoms with Crippen molar-refractivity contribution in [3.63, 3.8) is 0 Å². The molecule has 0 bridgehead atoms. The van der Waals surface area contributed by atoms with Crippen LogP contribution in [0.25, 0.3) is 0 Å². The number of nitrogens with zero attached hydrogens (tertiary/aromatic N) is 1. The SMILES string of the molecule is CN=C(OC(C)(C)C)C(CC(=O)O)NS(=O)(=O)c1ccc(N)cc1O. The summed E-state index contributed by atoms with van der Waals surface area (Å²) < 4.78 is 32.8. The van der Waals surface area contributed by atoms with Crippen LogP contribution in [0.1, 0.15) is 27.2 Å². The van der Waals surface area contributed by atoms with E-state index in [4.69, 9.17) is 15.6 Å². The van der Waals surface area contributed by atoms with Gasteiger partial charge in [0.25, 0.3) is 0 Å². The molecule has 9 nitrogen and oxygen atoms in total. The molecule has 0 spiro atoms. The van der Waals surface area contributed by atoms with E-state index < -0.39 is 44.7 Å². The zero-order chi connectivity index (χ0) is 19.4. The number of carboxylic acid groups (broad SMARTS) is 1. The Labute approximate surface area is 146 Å². The molecule has 10 heteroatoms. The number of nitrogens with one attached hydrogen (secondary N) is 1. The van der Waals surface area contributed by atoms with Crippen molar-refractivity contribution >= 4 is 27.6 Å². The van der Waals surface area contributed by atoms with Crippen LogP contribution in [-0.4, -0.2) is 49.2 Å². The highest BCUT2D eigenvalue weighted by atomic mass is 32.2. The summed E-state index contributed by atoms with van der Waals surface area (Å²) in [6.45, 7) is 5.16. The lowest BCUT2D eigenvalue weighted by Gasteiger charge is -2.27. The number of phenols is 1. The monoisotopic (exact) mass is 373 g/mol. The molecule has 1 atom stereocenters. The zero-order valence-electron chi connectivity index (χ0n) is 14.5. The standard InChI is InChI=1S/C15H23N3O6S/c1-15(2,3)24-14(17-4)10(8-13(20)21)18-25(22,23)12-6-5-9(16)7-11(12)19/h5-7,10,18-19H,8,16H2,1-4H3,(H,20,21). The van der Waals surface area contributed by atoms with Crippen LogP contribution in [0.3, 0.4) is 0 Å². The number of rotatable bonds is 6. The second-order valence-corrected chi connectivity index (χ2v) is 7.96. The Bertz CT molecular complexity index is 768. The molecule has 0 aliphatic carbocycles. The van der Waals surface area contributed by atoms with Crippen LogP contribution in [0.2, 0.25) is 0 Å². The van der Waals surface area contributed by atoms with Gasteiger partial charge in [0.1, 0.15) is 22.3 Å². The number of hydrogen-bond acceptors (Lipinski definition) is 7. The van der Waals surface area contributed by atoms with Crippen molar-refractivity contribution in [2.75, 3.05) is 12.8 Å². The number of aliphatic imine (C=N–C) groups is 1. The number of nitrogen functional groups attached to an aromatic ring is 1. The Kier molecular flexibility index (Phi) is 6.38. The fourth-order valence-corrected chi connectivity index (χ4v) is 3.22. The fourth-order valence-electron chi connectivity index (χ4n) is 1.95. The van der Waals surface area contributed by atoms with Crippen molar-refractivity contribution in [3.8, 4) is 5.75 Å². The van der Waals surface area contributed by atoms with Gasteiger partial charge >= 0.3 is 5.97 Å². The normalized spacial score (nSPS) is 14.2. The second kappa shape index (κ2) is 7.70. The molecule has 0 radical (unpaired) electrons. The van der Waals surface area contributed by atoms with Crippen LogP contribution in [0, 0.1) is 0 Å². The third-order valence-electron chi connectivity index (χ3n) is 2.88. The van der Waals surface area contributed by atoms with Gasteiger partial charge in [-0.2, -0.15) is 4.72 Å². The zero-order valence-corrected chi connectivity index (χ0v) is 15.3. The highest BCUT2D eigenvalue weighted by Crippen LogP contribution is 2.25. The van der Waals surface area contributed by atoms with Crippen LogP contribution in [0.15, 0.2) is 28.1 Å². The highest BCUT2D eigenvalue weighted by Gasteiger charge is 2.31. The van der Waals surface area contributed by atoms with Crippen molar-refractivity contribution in [1.29, 1.82) is 0 Å². The number of nitrogens with two attached hydrogens (primary N) is 1. The third-order valence-corrected chi connectivity index (χ3v) is 4.40. The van der Waals surface area contributed by atoms with Gasteiger partial charge in [-0.3, -0.25) is 9.79 Å². The Hall–Kier alpha value is -2.33. The Morgan fingerprint density at radius 2 is 2.00 bits per heavy atom. The van der Waals surface area contributed by atoms with Gasteiger partial charge in [-0.1, -0.05) is 0 Å². The number of ether oxygens (including phenoxy) is 1. The smallest absolute Gasteiger partial charge is 0.305 e. The summed E-state index contributed by atoms with van der Waals surface area (Å²) in [7, 11) is -2.88. The summed E-state index contributed by atoms with van der Waals surface area (Å²) in [6, 6.07) is 2.27. The number of aliphatic carboxylic acids is 1. The fraction of sp³-hybridized carbons (Fsp3) is 0.467. The molecule has 25 heavy (non-hydrogen) atoms. The van der Waals surface area contributed by atoms with Crippen molar-refractivity contribution < 1.29 is 28.2 Å². The first-order valence-corrected chi connectivity index (χ1v) is 8.82. The average Bonchev–Trinajstić information content (AvgIpc) is 2.41. The maximum atomic E-state index is 12.5. The summed E-state index contributed by atoms with van der Waals surface area (Å²) in [6.07, 6.45) is -0.586. The lowest BCUT2D eigenvalue weighted by atomic mass is 10.1. The average molecular weight is 373 g/mol. The van der Waals surface area contributed by atoms with E-state index in [1.54, 1.807) is 20.8 Å². The molecule has 0 saturated carbocycles. The summed E-state index contributed by atoms with van der Waals surface area (Å²) in [4.78, 5) is 14.6. The van der Waals surface area contributed by atoms with Crippen LogP contribution in [-0.2, 0) is 19.6 Å². The molecule has 1 unspecified atom stereocenters.